The van der Waals surface area contributed by atoms with Crippen molar-refractivity contribution < 1.29 is 9.53 Å². The molecule has 3 heterocycles. The van der Waals surface area contributed by atoms with Crippen LogP contribution in [0.4, 0.5) is 5.82 Å². The molecule has 0 radical (unpaired) electrons. The summed E-state index contributed by atoms with van der Waals surface area (Å²) in [6.07, 6.45) is 1.72. The molecule has 142 valence electrons. The molecule has 0 aliphatic carbocycles. The number of amides is 1. The second kappa shape index (κ2) is 8.63. The number of aryl methyl sites for hydroxylation is 1. The number of nitrogens with zero attached hydrogens (tertiary/aromatic N) is 2. The lowest BCUT2D eigenvalue weighted by molar-refractivity contribution is -0.118. The zero-order valence-corrected chi connectivity index (χ0v) is 17.1. The predicted octanol–water partition coefficient (Wildman–Crippen LogP) is 5.12. The Balaban J connectivity index is 1.77. The molecule has 1 amide bonds. The van der Waals surface area contributed by atoms with Gasteiger partial charge in [-0.2, -0.15) is 0 Å². The molecule has 4 rings (SSSR count). The molecule has 6 heteroatoms. The molecule has 1 aliphatic heterocycles. The van der Waals surface area contributed by atoms with Crippen molar-refractivity contribution in [2.24, 2.45) is 0 Å². The predicted molar refractivity (Wildman–Crippen MR) is 116 cm³/mol. The first-order valence-electron chi connectivity index (χ1n) is 9.05. The Morgan fingerprint density at radius 1 is 1.14 bits per heavy atom. The van der Waals surface area contributed by atoms with Crippen molar-refractivity contribution in [2.75, 3.05) is 17.3 Å². The lowest BCUT2D eigenvalue weighted by Gasteiger charge is -2.27. The van der Waals surface area contributed by atoms with Gasteiger partial charge in [0.15, 0.2) is 5.76 Å². The molecule has 0 saturated heterocycles. The highest BCUT2D eigenvalue weighted by Gasteiger charge is 2.29. The van der Waals surface area contributed by atoms with Crippen molar-refractivity contribution in [3.05, 3.63) is 87.9 Å². The summed E-state index contributed by atoms with van der Waals surface area (Å²) in [5.74, 6) is 1.75. The van der Waals surface area contributed by atoms with Gasteiger partial charge in [0, 0.05) is 16.8 Å². The third kappa shape index (κ3) is 3.98. The van der Waals surface area contributed by atoms with Crippen LogP contribution in [-0.2, 0) is 16.1 Å². The molecule has 1 aliphatic rings. The highest BCUT2D eigenvalue weighted by Crippen LogP contribution is 2.36. The maximum absolute atomic E-state index is 13.7. The first-order chi connectivity index (χ1) is 13.7. The molecule has 0 fully saturated rings. The average Bonchev–Trinajstić information content (AvgIpc) is 3.26. The van der Waals surface area contributed by atoms with Crippen LogP contribution in [0.5, 0.6) is 0 Å². The quantitative estimate of drug-likeness (QED) is 0.588. The van der Waals surface area contributed by atoms with Crippen LogP contribution in [0.1, 0.15) is 16.0 Å². The molecule has 3 aromatic rings. The van der Waals surface area contributed by atoms with Crippen molar-refractivity contribution in [3.63, 3.8) is 0 Å². The maximum atomic E-state index is 13.7. The molecule has 0 spiro atoms. The Labute approximate surface area is 172 Å². The standard InChI is InChI=1S/C22H20N2O2S2/c1-16-7-5-11-23-21(16)24(15-18-10-6-13-27-18)22(25)19-20(28-14-12-26-19)17-8-3-2-4-9-17/h2-11,13H,12,14-15H2,1H3. The van der Waals surface area contributed by atoms with E-state index in [4.69, 9.17) is 4.74 Å². The lowest BCUT2D eigenvalue weighted by atomic mass is 10.1. The largest absolute Gasteiger partial charge is 0.486 e. The van der Waals surface area contributed by atoms with Gasteiger partial charge in [-0.1, -0.05) is 42.5 Å². The second-order valence-corrected chi connectivity index (χ2v) is 8.47. The molecule has 0 atom stereocenters. The third-order valence-electron chi connectivity index (χ3n) is 4.39. The highest BCUT2D eigenvalue weighted by atomic mass is 32.2. The number of anilines is 1. The van der Waals surface area contributed by atoms with Gasteiger partial charge in [-0.05, 0) is 35.6 Å². The van der Waals surface area contributed by atoms with Crippen LogP contribution < -0.4 is 4.90 Å². The van der Waals surface area contributed by atoms with Gasteiger partial charge < -0.3 is 4.74 Å². The van der Waals surface area contributed by atoms with Crippen LogP contribution in [0.15, 0.2) is 71.9 Å². The monoisotopic (exact) mass is 408 g/mol. The number of carbonyl (C=O) groups excluding carboxylic acids is 1. The summed E-state index contributed by atoms with van der Waals surface area (Å²) >= 11 is 3.30. The van der Waals surface area contributed by atoms with E-state index in [1.807, 2.05) is 66.9 Å². The van der Waals surface area contributed by atoms with Crippen LogP contribution >= 0.6 is 23.1 Å². The Hall–Kier alpha value is -2.57. The highest BCUT2D eigenvalue weighted by molar-refractivity contribution is 8.08. The number of pyridine rings is 1. The summed E-state index contributed by atoms with van der Waals surface area (Å²) in [4.78, 5) is 21.9. The minimum Gasteiger partial charge on any atom is -0.486 e. The number of rotatable bonds is 5. The molecule has 4 nitrogen and oxygen atoms in total. The Morgan fingerprint density at radius 3 is 2.75 bits per heavy atom. The molecule has 1 aromatic carbocycles. The van der Waals surface area contributed by atoms with E-state index in [1.54, 1.807) is 34.2 Å². The molecular weight excluding hydrogens is 388 g/mol. The van der Waals surface area contributed by atoms with Crippen LogP contribution in [0.25, 0.3) is 4.91 Å². The van der Waals surface area contributed by atoms with E-state index < -0.39 is 0 Å². The van der Waals surface area contributed by atoms with Gasteiger partial charge in [0.1, 0.15) is 5.82 Å². The van der Waals surface area contributed by atoms with Crippen molar-refractivity contribution in [3.8, 4) is 0 Å². The number of ether oxygens (including phenoxy) is 1. The van der Waals surface area contributed by atoms with Crippen LogP contribution in [-0.4, -0.2) is 23.3 Å². The number of benzene rings is 1. The molecular formula is C22H20N2O2S2. The molecule has 0 bridgehead atoms. The van der Waals surface area contributed by atoms with Crippen LogP contribution in [0.2, 0.25) is 0 Å². The minimum atomic E-state index is -0.152. The number of thiophene rings is 1. The van der Waals surface area contributed by atoms with Gasteiger partial charge in [-0.25, -0.2) is 4.98 Å². The minimum absolute atomic E-state index is 0.152. The van der Waals surface area contributed by atoms with Crippen LogP contribution in [0.3, 0.4) is 0 Å². The van der Waals surface area contributed by atoms with E-state index in [9.17, 15) is 4.79 Å². The van der Waals surface area contributed by atoms with Gasteiger partial charge in [-0.3, -0.25) is 9.69 Å². The molecule has 0 N–H and O–H groups in total. The third-order valence-corrected chi connectivity index (χ3v) is 6.33. The molecule has 2 aromatic heterocycles. The van der Waals surface area contributed by atoms with Crippen molar-refractivity contribution in [1.29, 1.82) is 0 Å². The van der Waals surface area contributed by atoms with E-state index >= 15 is 0 Å². The number of aromatic nitrogens is 1. The summed E-state index contributed by atoms with van der Waals surface area (Å²) in [5.41, 5.74) is 1.96. The maximum Gasteiger partial charge on any atom is 0.296 e. The first kappa shape index (κ1) is 18.8. The van der Waals surface area contributed by atoms with Gasteiger partial charge in [0.05, 0.1) is 18.1 Å². The van der Waals surface area contributed by atoms with E-state index in [1.165, 1.54) is 0 Å². The summed E-state index contributed by atoms with van der Waals surface area (Å²) < 4.78 is 5.91. The SMILES string of the molecule is Cc1cccnc1N(Cc1cccs1)C(=O)C1=C(c2ccccc2)SCCO1. The van der Waals surface area contributed by atoms with E-state index in [0.29, 0.717) is 24.7 Å². The zero-order valence-electron chi connectivity index (χ0n) is 15.5. The van der Waals surface area contributed by atoms with Gasteiger partial charge in [0.25, 0.3) is 5.91 Å². The van der Waals surface area contributed by atoms with E-state index in [-0.39, 0.29) is 5.91 Å². The normalized spacial score (nSPS) is 13.9. The topological polar surface area (TPSA) is 42.4 Å². The average molecular weight is 409 g/mol. The summed E-state index contributed by atoms with van der Waals surface area (Å²) in [6.45, 7) is 2.96. The van der Waals surface area contributed by atoms with E-state index in [2.05, 4.69) is 4.98 Å². The number of hydrogen-bond acceptors (Lipinski definition) is 5. The Morgan fingerprint density at radius 2 is 2.00 bits per heavy atom. The van der Waals surface area contributed by atoms with Gasteiger partial charge in [-0.15, -0.1) is 23.1 Å². The smallest absolute Gasteiger partial charge is 0.296 e. The van der Waals surface area contributed by atoms with Crippen molar-refractivity contribution in [1.82, 2.24) is 4.98 Å². The van der Waals surface area contributed by atoms with Gasteiger partial charge >= 0.3 is 0 Å². The van der Waals surface area contributed by atoms with Crippen molar-refractivity contribution >= 4 is 39.7 Å². The van der Waals surface area contributed by atoms with Gasteiger partial charge in [0.2, 0.25) is 0 Å². The van der Waals surface area contributed by atoms with Crippen LogP contribution in [0, 0.1) is 6.92 Å². The van der Waals surface area contributed by atoms with E-state index in [0.717, 1.165) is 26.7 Å². The zero-order chi connectivity index (χ0) is 19.3. The lowest BCUT2D eigenvalue weighted by Crippen LogP contribution is -2.34. The molecule has 0 saturated carbocycles. The summed E-state index contributed by atoms with van der Waals surface area (Å²) in [5, 5.41) is 2.02. The fraction of sp³-hybridized carbons (Fsp3) is 0.182. The number of thioether (sulfide) groups is 1. The number of hydrogen-bond donors (Lipinski definition) is 0. The first-order valence-corrected chi connectivity index (χ1v) is 10.9. The summed E-state index contributed by atoms with van der Waals surface area (Å²) in [7, 11) is 0. The summed E-state index contributed by atoms with van der Waals surface area (Å²) in [6, 6.07) is 17.8. The van der Waals surface area contributed by atoms with Crippen molar-refractivity contribution in [2.45, 2.75) is 13.5 Å². The molecule has 28 heavy (non-hydrogen) atoms. The number of carbonyl (C=O) groups is 1. The fourth-order valence-electron chi connectivity index (χ4n) is 3.07. The molecule has 0 unspecified atom stereocenters. The Kier molecular flexibility index (Phi) is 5.78. The Bertz CT molecular complexity index is 985. The second-order valence-electron chi connectivity index (χ2n) is 6.34. The fourth-order valence-corrected chi connectivity index (χ4v) is 4.71.